The van der Waals surface area contributed by atoms with Crippen molar-refractivity contribution in [2.75, 3.05) is 0 Å². The lowest BCUT2D eigenvalue weighted by Crippen LogP contribution is -2.49. The third-order valence-electron chi connectivity index (χ3n) is 4.23. The standard InChI is InChI=1S/C19H25Cl2NO3/c1-5-6-7-18(24)25-17(19(4,13(2)3)22-12-23)10-14-8-9-15(20)11-16(14)21/h8-13H,5-7H2,1-4H3,(H,22,23)/b17-10-. The van der Waals surface area contributed by atoms with Crippen molar-refractivity contribution in [3.63, 3.8) is 0 Å². The number of carbonyl (C=O) groups excluding carboxylic acids is 2. The fourth-order valence-corrected chi connectivity index (χ4v) is 2.65. The molecule has 1 unspecified atom stereocenters. The maximum absolute atomic E-state index is 12.2. The molecule has 0 bridgehead atoms. The van der Waals surface area contributed by atoms with Crippen LogP contribution in [0, 0.1) is 5.92 Å². The van der Waals surface area contributed by atoms with Crippen molar-refractivity contribution in [1.82, 2.24) is 5.32 Å². The van der Waals surface area contributed by atoms with Gasteiger partial charge in [-0.25, -0.2) is 0 Å². The number of carbonyl (C=O) groups is 2. The number of esters is 1. The van der Waals surface area contributed by atoms with Crippen molar-refractivity contribution in [2.45, 2.75) is 52.5 Å². The van der Waals surface area contributed by atoms with E-state index >= 15 is 0 Å². The van der Waals surface area contributed by atoms with Crippen LogP contribution in [0.4, 0.5) is 0 Å². The summed E-state index contributed by atoms with van der Waals surface area (Å²) in [6.45, 7) is 7.69. The van der Waals surface area contributed by atoms with Crippen LogP contribution in [0.5, 0.6) is 0 Å². The Labute approximate surface area is 159 Å². The first-order valence-electron chi connectivity index (χ1n) is 8.33. The van der Waals surface area contributed by atoms with Gasteiger partial charge in [0.15, 0.2) is 0 Å². The maximum Gasteiger partial charge on any atom is 0.310 e. The number of hydrogen-bond donors (Lipinski definition) is 1. The minimum absolute atomic E-state index is 0.0194. The molecule has 1 atom stereocenters. The number of nitrogens with one attached hydrogen (secondary N) is 1. The molecule has 0 saturated carbocycles. The molecule has 0 heterocycles. The minimum atomic E-state index is -0.855. The topological polar surface area (TPSA) is 55.4 Å². The number of rotatable bonds is 9. The van der Waals surface area contributed by atoms with Crippen LogP contribution in [0.3, 0.4) is 0 Å². The van der Waals surface area contributed by atoms with E-state index in [2.05, 4.69) is 5.32 Å². The molecule has 138 valence electrons. The molecule has 1 N–H and O–H groups in total. The van der Waals surface area contributed by atoms with Gasteiger partial charge in [-0.3, -0.25) is 9.59 Å². The molecule has 0 spiro atoms. The van der Waals surface area contributed by atoms with Gasteiger partial charge >= 0.3 is 5.97 Å². The van der Waals surface area contributed by atoms with Crippen LogP contribution >= 0.6 is 23.2 Å². The van der Waals surface area contributed by atoms with Crippen LogP contribution in [0.2, 0.25) is 10.0 Å². The minimum Gasteiger partial charge on any atom is -0.428 e. The molecule has 1 aromatic rings. The van der Waals surface area contributed by atoms with E-state index in [1.807, 2.05) is 27.7 Å². The predicted molar refractivity (Wildman–Crippen MR) is 102 cm³/mol. The van der Waals surface area contributed by atoms with Gasteiger partial charge in [0.2, 0.25) is 6.41 Å². The van der Waals surface area contributed by atoms with Gasteiger partial charge < -0.3 is 10.1 Å². The lowest BCUT2D eigenvalue weighted by Gasteiger charge is -2.34. The van der Waals surface area contributed by atoms with Crippen molar-refractivity contribution in [3.8, 4) is 0 Å². The highest BCUT2D eigenvalue weighted by Crippen LogP contribution is 2.31. The van der Waals surface area contributed by atoms with Crippen molar-refractivity contribution in [2.24, 2.45) is 5.92 Å². The quantitative estimate of drug-likeness (QED) is 0.359. The number of benzene rings is 1. The fourth-order valence-electron chi connectivity index (χ4n) is 2.18. The molecule has 6 heteroatoms. The van der Waals surface area contributed by atoms with E-state index in [0.717, 1.165) is 12.8 Å². The van der Waals surface area contributed by atoms with Crippen LogP contribution in [0.1, 0.15) is 52.5 Å². The molecule has 1 aromatic carbocycles. The molecule has 0 radical (unpaired) electrons. The van der Waals surface area contributed by atoms with Gasteiger partial charge in [0, 0.05) is 16.5 Å². The zero-order chi connectivity index (χ0) is 19.0. The van der Waals surface area contributed by atoms with E-state index in [0.29, 0.717) is 34.2 Å². The maximum atomic E-state index is 12.2. The molecule has 25 heavy (non-hydrogen) atoms. The van der Waals surface area contributed by atoms with Crippen molar-refractivity contribution >= 4 is 41.7 Å². The molecule has 0 aromatic heterocycles. The summed E-state index contributed by atoms with van der Waals surface area (Å²) in [6, 6.07) is 5.06. The Morgan fingerprint density at radius 2 is 2.04 bits per heavy atom. The lowest BCUT2D eigenvalue weighted by molar-refractivity contribution is -0.141. The average Bonchev–Trinajstić information content (AvgIpc) is 2.54. The van der Waals surface area contributed by atoms with E-state index in [1.54, 1.807) is 24.3 Å². The van der Waals surface area contributed by atoms with Crippen LogP contribution in [0.25, 0.3) is 6.08 Å². The van der Waals surface area contributed by atoms with Gasteiger partial charge in [-0.1, -0.05) is 56.5 Å². The van der Waals surface area contributed by atoms with E-state index in [-0.39, 0.29) is 11.9 Å². The number of ether oxygens (including phenoxy) is 1. The lowest BCUT2D eigenvalue weighted by atomic mass is 9.85. The van der Waals surface area contributed by atoms with Crippen LogP contribution < -0.4 is 5.32 Å². The highest BCUT2D eigenvalue weighted by molar-refractivity contribution is 6.35. The summed E-state index contributed by atoms with van der Waals surface area (Å²) in [7, 11) is 0. The Morgan fingerprint density at radius 1 is 1.36 bits per heavy atom. The Kier molecular flexibility index (Phi) is 8.46. The number of hydrogen-bond acceptors (Lipinski definition) is 3. The largest absolute Gasteiger partial charge is 0.428 e. The second kappa shape index (κ2) is 9.83. The zero-order valence-electron chi connectivity index (χ0n) is 15.1. The molecule has 0 aliphatic heterocycles. The van der Waals surface area contributed by atoms with E-state index in [9.17, 15) is 9.59 Å². The van der Waals surface area contributed by atoms with E-state index in [1.165, 1.54) is 0 Å². The molecule has 0 fully saturated rings. The fraction of sp³-hybridized carbons (Fsp3) is 0.474. The Morgan fingerprint density at radius 3 is 2.56 bits per heavy atom. The summed E-state index contributed by atoms with van der Waals surface area (Å²) < 4.78 is 5.63. The van der Waals surface area contributed by atoms with Gasteiger partial charge in [0.1, 0.15) is 5.76 Å². The zero-order valence-corrected chi connectivity index (χ0v) is 16.6. The summed E-state index contributed by atoms with van der Waals surface area (Å²) in [5, 5.41) is 3.73. The predicted octanol–water partition coefficient (Wildman–Crippen LogP) is 5.23. The van der Waals surface area contributed by atoms with Crippen LogP contribution in [-0.2, 0) is 14.3 Å². The molecular weight excluding hydrogens is 361 g/mol. The van der Waals surface area contributed by atoms with Crippen molar-refractivity contribution in [3.05, 3.63) is 39.6 Å². The van der Waals surface area contributed by atoms with E-state index < -0.39 is 5.54 Å². The first kappa shape index (κ1) is 21.5. The Balaban J connectivity index is 3.32. The van der Waals surface area contributed by atoms with Gasteiger partial charge in [-0.2, -0.15) is 0 Å². The van der Waals surface area contributed by atoms with E-state index in [4.69, 9.17) is 27.9 Å². The van der Waals surface area contributed by atoms with Gasteiger partial charge in [0.05, 0.1) is 5.54 Å². The second-order valence-electron chi connectivity index (χ2n) is 6.37. The molecule has 4 nitrogen and oxygen atoms in total. The van der Waals surface area contributed by atoms with Crippen molar-refractivity contribution in [1.29, 1.82) is 0 Å². The summed E-state index contributed by atoms with van der Waals surface area (Å²) in [6.07, 6.45) is 4.24. The van der Waals surface area contributed by atoms with Crippen LogP contribution in [-0.4, -0.2) is 17.9 Å². The molecule has 1 amide bonds. The summed E-state index contributed by atoms with van der Waals surface area (Å²) in [4.78, 5) is 23.3. The molecular formula is C19H25Cl2NO3. The normalized spacial score (nSPS) is 14.1. The second-order valence-corrected chi connectivity index (χ2v) is 7.21. The monoisotopic (exact) mass is 385 g/mol. The third kappa shape index (κ3) is 6.05. The van der Waals surface area contributed by atoms with Crippen LogP contribution in [0.15, 0.2) is 24.0 Å². The Bertz CT molecular complexity index is 644. The summed E-state index contributed by atoms with van der Waals surface area (Å²) in [5.74, 6) is -0.00770. The summed E-state index contributed by atoms with van der Waals surface area (Å²) in [5.41, 5.74) is -0.198. The first-order valence-corrected chi connectivity index (χ1v) is 9.09. The van der Waals surface area contributed by atoms with Crippen molar-refractivity contribution < 1.29 is 14.3 Å². The first-order chi connectivity index (χ1) is 11.7. The Hall–Kier alpha value is -1.52. The molecule has 0 saturated heterocycles. The molecule has 0 aliphatic carbocycles. The highest BCUT2D eigenvalue weighted by atomic mass is 35.5. The molecule has 1 rings (SSSR count). The summed E-state index contributed by atoms with van der Waals surface area (Å²) >= 11 is 12.2. The SMILES string of the molecule is CCCCC(=O)O/C(=C\c1ccc(Cl)cc1Cl)C(C)(NC=O)C(C)C. The third-order valence-corrected chi connectivity index (χ3v) is 4.80. The van der Waals surface area contributed by atoms with Gasteiger partial charge in [-0.15, -0.1) is 0 Å². The number of amides is 1. The van der Waals surface area contributed by atoms with Gasteiger partial charge in [0.25, 0.3) is 0 Å². The smallest absolute Gasteiger partial charge is 0.310 e. The average molecular weight is 386 g/mol. The number of unbranched alkanes of at least 4 members (excludes halogenated alkanes) is 1. The van der Waals surface area contributed by atoms with Gasteiger partial charge in [-0.05, 0) is 43.0 Å². The number of halogens is 2. The molecule has 0 aliphatic rings. The highest BCUT2D eigenvalue weighted by Gasteiger charge is 2.35.